The van der Waals surface area contributed by atoms with Gasteiger partial charge in [-0.05, 0) is 77.9 Å². The third-order valence-electron chi connectivity index (χ3n) is 7.54. The molecule has 0 saturated heterocycles. The topological polar surface area (TPSA) is 106 Å². The summed E-state index contributed by atoms with van der Waals surface area (Å²) in [7, 11) is 0. The molecule has 0 aliphatic carbocycles. The van der Waals surface area contributed by atoms with Crippen LogP contribution in [0.5, 0.6) is 0 Å². The van der Waals surface area contributed by atoms with Crippen LogP contribution >= 0.6 is 0 Å². The summed E-state index contributed by atoms with van der Waals surface area (Å²) in [6, 6.07) is 0. The number of cyclic esters (lactones) is 1. The van der Waals surface area contributed by atoms with Crippen LogP contribution in [-0.2, 0) is 19.2 Å². The smallest absolute Gasteiger partial charge is 0.413 e. The van der Waals surface area contributed by atoms with Crippen molar-refractivity contribution < 1.29 is 29.1 Å². The first-order valence-corrected chi connectivity index (χ1v) is 12.7. The standard InChI is InChI=1S/C29H43NO6/c1-17-10-12-18(2)21(5)26(33)22(6)27(34)28(7,8)24(31)14-25(32)35-23(13-11-17)19(3)15-29(9)16-20(4)36-30-29/h11,15-16,18,21,23,26,30,33H,6,10,12-14H2,1-5,7-9H3/p+1/b17-11-,19-15+/t18?,21-,23-,26-,29?/m0/s1. The summed E-state index contributed by atoms with van der Waals surface area (Å²) in [6.07, 6.45) is 6.18. The third kappa shape index (κ3) is 7.26. The van der Waals surface area contributed by atoms with Crippen LogP contribution in [0.15, 0.2) is 47.3 Å². The maximum Gasteiger partial charge on any atom is 0.490 e. The SMILES string of the molecule is C=C1C(=O)C(C)(C)C(=O)CC(=[OH+])O[C@H](/C(C)=C/C2(C)C=C(C)ON2)C/C=C(/C)CCC(C)[C@H](C)[C@@H]1O. The van der Waals surface area contributed by atoms with E-state index in [1.54, 1.807) is 0 Å². The maximum atomic E-state index is 13.2. The Morgan fingerprint density at radius 1 is 1.25 bits per heavy atom. The summed E-state index contributed by atoms with van der Waals surface area (Å²) >= 11 is 0. The number of Topliss-reactive ketones (excluding diaryl/α,β-unsaturated/α-hetero) is 2. The summed E-state index contributed by atoms with van der Waals surface area (Å²) in [5.41, 5.74) is 3.02. The van der Waals surface area contributed by atoms with Crippen LogP contribution in [0.25, 0.3) is 0 Å². The van der Waals surface area contributed by atoms with Gasteiger partial charge in [0.25, 0.3) is 0 Å². The van der Waals surface area contributed by atoms with E-state index in [2.05, 4.69) is 25.1 Å². The number of esters is 1. The van der Waals surface area contributed by atoms with Crippen molar-refractivity contribution in [3.63, 3.8) is 0 Å². The molecular formula is C29H44NO6+. The largest absolute Gasteiger partial charge is 0.490 e. The molecule has 2 unspecified atom stereocenters. The molecular weight excluding hydrogens is 458 g/mol. The van der Waals surface area contributed by atoms with Crippen LogP contribution in [-0.4, -0.2) is 45.2 Å². The molecule has 0 fully saturated rings. The summed E-state index contributed by atoms with van der Waals surface area (Å²) in [4.78, 5) is 42.3. The molecule has 2 heterocycles. The van der Waals surface area contributed by atoms with Gasteiger partial charge in [-0.25, -0.2) is 0 Å². The van der Waals surface area contributed by atoms with Crippen LogP contribution in [0.3, 0.4) is 0 Å². The molecule has 3 N–H and O–H groups in total. The number of carbonyl (C=O) groups is 2. The molecule has 7 heteroatoms. The van der Waals surface area contributed by atoms with Crippen molar-refractivity contribution >= 4 is 17.5 Å². The zero-order valence-electron chi connectivity index (χ0n) is 23.1. The van der Waals surface area contributed by atoms with Gasteiger partial charge in [-0.2, -0.15) is 0 Å². The number of allylic oxidation sites excluding steroid dienone is 2. The van der Waals surface area contributed by atoms with E-state index in [9.17, 15) is 19.5 Å². The van der Waals surface area contributed by atoms with Gasteiger partial charge in [0.1, 0.15) is 5.76 Å². The number of hydrogen-bond donors (Lipinski definition) is 2. The van der Waals surface area contributed by atoms with E-state index in [0.717, 1.165) is 29.7 Å². The summed E-state index contributed by atoms with van der Waals surface area (Å²) in [5.74, 6) is -0.781. The van der Waals surface area contributed by atoms with Crippen molar-refractivity contribution in [3.05, 3.63) is 47.3 Å². The van der Waals surface area contributed by atoms with Crippen molar-refractivity contribution in [3.8, 4) is 0 Å². The number of nitrogens with one attached hydrogen (secondary N) is 1. The second kappa shape index (κ2) is 11.7. The summed E-state index contributed by atoms with van der Waals surface area (Å²) < 4.78 is 5.89. The highest BCUT2D eigenvalue weighted by Gasteiger charge is 2.42. The molecule has 0 aromatic carbocycles. The number of aliphatic hydroxyl groups is 1. The van der Waals surface area contributed by atoms with E-state index in [1.807, 2.05) is 46.8 Å². The van der Waals surface area contributed by atoms with Crippen molar-refractivity contribution in [2.45, 2.75) is 98.8 Å². The molecule has 0 saturated carbocycles. The van der Waals surface area contributed by atoms with Crippen molar-refractivity contribution in [2.24, 2.45) is 17.3 Å². The number of hydroxylamine groups is 1. The van der Waals surface area contributed by atoms with Crippen molar-refractivity contribution in [2.75, 3.05) is 0 Å². The van der Waals surface area contributed by atoms with Gasteiger partial charge in [0.2, 0.25) is 6.10 Å². The van der Waals surface area contributed by atoms with Gasteiger partial charge in [-0.1, -0.05) is 38.2 Å². The van der Waals surface area contributed by atoms with Gasteiger partial charge in [-0.15, -0.1) is 5.48 Å². The molecule has 0 bridgehead atoms. The lowest BCUT2D eigenvalue weighted by Crippen LogP contribution is -2.40. The van der Waals surface area contributed by atoms with Crippen LogP contribution in [0.4, 0.5) is 0 Å². The molecule has 200 valence electrons. The fourth-order valence-corrected chi connectivity index (χ4v) is 4.62. The Balaban J connectivity index is 2.40. The van der Waals surface area contributed by atoms with E-state index in [1.165, 1.54) is 13.8 Å². The van der Waals surface area contributed by atoms with Crippen LogP contribution in [0.2, 0.25) is 0 Å². The Labute approximate surface area is 215 Å². The van der Waals surface area contributed by atoms with E-state index in [4.69, 9.17) is 9.57 Å². The molecule has 2 rings (SSSR count). The average Bonchev–Trinajstić information content (AvgIpc) is 3.14. The highest BCUT2D eigenvalue weighted by atomic mass is 16.7. The maximum absolute atomic E-state index is 13.2. The first-order chi connectivity index (χ1) is 16.6. The molecule has 5 atom stereocenters. The molecule has 0 amide bonds. The predicted molar refractivity (Wildman–Crippen MR) is 141 cm³/mol. The van der Waals surface area contributed by atoms with E-state index >= 15 is 0 Å². The molecule has 2 aliphatic heterocycles. The lowest BCUT2D eigenvalue weighted by molar-refractivity contribution is -0.136. The number of ketones is 2. The second-order valence-corrected chi connectivity index (χ2v) is 11.3. The Kier molecular flexibility index (Phi) is 9.65. The molecule has 7 nitrogen and oxygen atoms in total. The number of ether oxygens (including phenoxy) is 1. The van der Waals surface area contributed by atoms with Gasteiger partial charge in [0.15, 0.2) is 18.0 Å². The first kappa shape index (κ1) is 29.7. The Morgan fingerprint density at radius 2 is 1.89 bits per heavy atom. The molecule has 0 spiro atoms. The highest BCUT2D eigenvalue weighted by Crippen LogP contribution is 2.31. The van der Waals surface area contributed by atoms with Gasteiger partial charge in [0.05, 0.1) is 17.1 Å². The van der Waals surface area contributed by atoms with Gasteiger partial charge >= 0.3 is 5.97 Å². The van der Waals surface area contributed by atoms with E-state index < -0.39 is 47.1 Å². The number of rotatable bonds is 2. The number of aliphatic hydroxyl groups excluding tert-OH is 1. The Morgan fingerprint density at radius 3 is 2.47 bits per heavy atom. The van der Waals surface area contributed by atoms with Crippen LogP contribution < -0.4 is 5.48 Å². The minimum Gasteiger partial charge on any atom is -0.413 e. The van der Waals surface area contributed by atoms with Gasteiger partial charge in [-0.3, -0.25) is 9.59 Å². The first-order valence-electron chi connectivity index (χ1n) is 12.7. The fourth-order valence-electron chi connectivity index (χ4n) is 4.62. The third-order valence-corrected chi connectivity index (χ3v) is 7.54. The van der Waals surface area contributed by atoms with Crippen LogP contribution in [0, 0.1) is 17.3 Å². The molecule has 0 aromatic rings. The lowest BCUT2D eigenvalue weighted by Gasteiger charge is -2.29. The minimum atomic E-state index is -1.47. The highest BCUT2D eigenvalue weighted by molar-refractivity contribution is 6.16. The predicted octanol–water partition coefficient (Wildman–Crippen LogP) is 4.89. The molecule has 0 aromatic heterocycles. The van der Waals surface area contributed by atoms with Gasteiger partial charge < -0.3 is 19.5 Å². The van der Waals surface area contributed by atoms with Crippen molar-refractivity contribution in [1.82, 2.24) is 5.48 Å². The zero-order chi connectivity index (χ0) is 27.4. The quantitative estimate of drug-likeness (QED) is 0.183. The minimum absolute atomic E-state index is 0.0204. The number of hydrogen-bond acceptors (Lipinski definition) is 6. The lowest BCUT2D eigenvalue weighted by atomic mass is 9.75. The van der Waals surface area contributed by atoms with Crippen molar-refractivity contribution in [1.29, 1.82) is 0 Å². The monoisotopic (exact) mass is 502 g/mol. The normalized spacial score (nSPS) is 35.0. The number of carbonyl (C=O) groups excluding carboxylic acids is 3. The fraction of sp³-hybridized carbons (Fsp3) is 0.621. The average molecular weight is 503 g/mol. The zero-order valence-corrected chi connectivity index (χ0v) is 23.1. The Bertz CT molecular complexity index is 988. The van der Waals surface area contributed by atoms with Gasteiger partial charge in [0, 0.05) is 12.0 Å². The Hall–Kier alpha value is -2.51. The van der Waals surface area contributed by atoms with E-state index in [0.29, 0.717) is 6.42 Å². The molecule has 2 aliphatic rings. The summed E-state index contributed by atoms with van der Waals surface area (Å²) in [5, 5.41) is 10.8. The molecule has 0 radical (unpaired) electrons. The molecule has 36 heavy (non-hydrogen) atoms. The van der Waals surface area contributed by atoms with Crippen LogP contribution in [0.1, 0.15) is 81.1 Å². The van der Waals surface area contributed by atoms with E-state index in [-0.39, 0.29) is 17.4 Å². The summed E-state index contributed by atoms with van der Waals surface area (Å²) in [6.45, 7) is 18.6. The second-order valence-electron chi connectivity index (χ2n) is 11.3.